The molecule has 2 N–H and O–H groups in total. The van der Waals surface area contributed by atoms with Gasteiger partial charge in [-0.15, -0.1) is 0 Å². The summed E-state index contributed by atoms with van der Waals surface area (Å²) >= 11 is 0. The van der Waals surface area contributed by atoms with Crippen LogP contribution in [0.25, 0.3) is 0 Å². The Hall–Kier alpha value is 0.609. The van der Waals surface area contributed by atoms with E-state index in [9.17, 15) is 0 Å². The summed E-state index contributed by atoms with van der Waals surface area (Å²) in [4.78, 5) is 0. The molecule has 0 amide bonds. The van der Waals surface area contributed by atoms with Crippen molar-refractivity contribution in [1.29, 1.82) is 0 Å². The molecule has 47 valence electrons. The average Bonchev–Trinajstić information content (AvgIpc) is 1.61. The Bertz CT molecular complexity index is 20.0. The van der Waals surface area contributed by atoms with Gasteiger partial charge in [0.2, 0.25) is 0 Å². The second-order valence-electron chi connectivity index (χ2n) is 1.50. The molecule has 0 fully saturated rings. The maximum absolute atomic E-state index is 5.21. The van der Waals surface area contributed by atoms with Crippen LogP contribution in [0.5, 0.6) is 0 Å². The zero-order valence-electron chi connectivity index (χ0n) is 4.74. The first kappa shape index (κ1) is 10.6. The molecule has 0 aromatic heterocycles. The van der Waals surface area contributed by atoms with E-state index in [2.05, 4.69) is 6.92 Å². The van der Waals surface area contributed by atoms with Gasteiger partial charge in [-0.05, 0) is 13.0 Å². The zero-order valence-corrected chi connectivity index (χ0v) is 7.13. The molecule has 7 heavy (non-hydrogen) atoms. The van der Waals surface area contributed by atoms with E-state index >= 15 is 0 Å². The van der Waals surface area contributed by atoms with Crippen LogP contribution < -0.4 is 5.73 Å². The van der Waals surface area contributed by atoms with Gasteiger partial charge in [-0.1, -0.05) is 19.8 Å². The second kappa shape index (κ2) is 9.79. The Balaban J connectivity index is 0. The van der Waals surface area contributed by atoms with Crippen molar-refractivity contribution in [2.75, 3.05) is 6.54 Å². The van der Waals surface area contributed by atoms with Gasteiger partial charge in [-0.3, -0.25) is 0 Å². The summed E-state index contributed by atoms with van der Waals surface area (Å²) in [6.07, 6.45) is 3.75. The predicted molar refractivity (Wildman–Crippen MR) is 28.6 cm³/mol. The van der Waals surface area contributed by atoms with Gasteiger partial charge in [0.15, 0.2) is 0 Å². The van der Waals surface area contributed by atoms with E-state index in [4.69, 9.17) is 5.73 Å². The van der Waals surface area contributed by atoms with Gasteiger partial charge in [0.1, 0.15) is 0 Å². The largest absolute Gasteiger partial charge is 0.330 e. The normalized spacial score (nSPS) is 7.71. The van der Waals surface area contributed by atoms with E-state index in [1.807, 2.05) is 0 Å². The van der Waals surface area contributed by atoms with Crippen LogP contribution in [0, 0.1) is 0 Å². The number of nitrogens with two attached hydrogens (primary N) is 1. The fourth-order valence-electron chi connectivity index (χ4n) is 0.394. The number of hydrogen-bond acceptors (Lipinski definition) is 1. The van der Waals surface area contributed by atoms with E-state index in [0.717, 1.165) is 6.54 Å². The minimum Gasteiger partial charge on any atom is -0.330 e. The van der Waals surface area contributed by atoms with Crippen molar-refractivity contribution in [2.24, 2.45) is 5.73 Å². The van der Waals surface area contributed by atoms with E-state index in [1.165, 1.54) is 19.3 Å². The summed E-state index contributed by atoms with van der Waals surface area (Å²) in [5, 5.41) is 0. The van der Waals surface area contributed by atoms with Crippen molar-refractivity contribution >= 4 is 0 Å². The minimum absolute atomic E-state index is 0. The van der Waals surface area contributed by atoms with Crippen LogP contribution in [0.15, 0.2) is 0 Å². The van der Waals surface area contributed by atoms with Gasteiger partial charge in [0.25, 0.3) is 0 Å². The number of rotatable bonds is 3. The molecular weight excluding hydrogens is 266 g/mol. The molecule has 0 heterocycles. The summed E-state index contributed by atoms with van der Waals surface area (Å²) in [6.45, 7) is 3.03. The molecule has 0 saturated heterocycles. The molecule has 0 aromatic rings. The molecule has 2 heteroatoms. The first-order chi connectivity index (χ1) is 2.91. The van der Waals surface area contributed by atoms with Gasteiger partial charge in [0, 0.05) is 20.1 Å². The zero-order chi connectivity index (χ0) is 4.83. The first-order valence-electron chi connectivity index (χ1n) is 2.62. The van der Waals surface area contributed by atoms with Gasteiger partial charge in [-0.25, -0.2) is 0 Å². The van der Waals surface area contributed by atoms with Crippen molar-refractivity contribution in [2.45, 2.75) is 26.2 Å². The van der Waals surface area contributed by atoms with Crippen LogP contribution in [-0.4, -0.2) is 6.54 Å². The third kappa shape index (κ3) is 10.8. The Morgan fingerprint density at radius 2 is 1.86 bits per heavy atom. The maximum Gasteiger partial charge on any atom is 0 e. The molecule has 0 unspecified atom stereocenters. The molecule has 0 bridgehead atoms. The molecule has 0 rings (SSSR count). The Morgan fingerprint density at radius 3 is 2.00 bits per heavy atom. The standard InChI is InChI=1S/C5H13N.Ir/c1-2-3-4-5-6;/h2-6H2,1H3;. The summed E-state index contributed by atoms with van der Waals surface area (Å²) in [7, 11) is 0. The van der Waals surface area contributed by atoms with Crippen molar-refractivity contribution < 1.29 is 20.1 Å². The average molecular weight is 279 g/mol. The fourth-order valence-corrected chi connectivity index (χ4v) is 0.394. The second-order valence-corrected chi connectivity index (χ2v) is 1.50. The van der Waals surface area contributed by atoms with E-state index in [-0.39, 0.29) is 20.1 Å². The van der Waals surface area contributed by atoms with Crippen molar-refractivity contribution in [3.63, 3.8) is 0 Å². The Kier molecular flexibility index (Phi) is 14.8. The molecule has 0 aromatic carbocycles. The maximum atomic E-state index is 5.21. The molecule has 0 aliphatic rings. The molecule has 0 saturated carbocycles. The molecule has 0 aliphatic carbocycles. The van der Waals surface area contributed by atoms with E-state index in [0.29, 0.717) is 0 Å². The summed E-state index contributed by atoms with van der Waals surface area (Å²) < 4.78 is 0. The minimum atomic E-state index is 0. The molecule has 1 nitrogen and oxygen atoms in total. The van der Waals surface area contributed by atoms with Crippen LogP contribution >= 0.6 is 0 Å². The predicted octanol–water partition coefficient (Wildman–Crippen LogP) is 1.13. The van der Waals surface area contributed by atoms with Gasteiger partial charge >= 0.3 is 0 Å². The van der Waals surface area contributed by atoms with E-state index < -0.39 is 0 Å². The Morgan fingerprint density at radius 1 is 1.29 bits per heavy atom. The molecule has 0 spiro atoms. The smallest absolute Gasteiger partial charge is 0 e. The van der Waals surface area contributed by atoms with Crippen LogP contribution in [0.2, 0.25) is 0 Å². The third-order valence-electron chi connectivity index (χ3n) is 0.808. The number of hydrogen-bond donors (Lipinski definition) is 1. The molecular formula is C5H13IrN. The topological polar surface area (TPSA) is 26.0 Å². The summed E-state index contributed by atoms with van der Waals surface area (Å²) in [5.74, 6) is 0. The summed E-state index contributed by atoms with van der Waals surface area (Å²) in [6, 6.07) is 0. The van der Waals surface area contributed by atoms with Crippen LogP contribution in [0.1, 0.15) is 26.2 Å². The molecule has 0 atom stereocenters. The first-order valence-corrected chi connectivity index (χ1v) is 2.62. The molecule has 0 aliphatic heterocycles. The summed E-state index contributed by atoms with van der Waals surface area (Å²) in [5.41, 5.74) is 5.21. The van der Waals surface area contributed by atoms with Crippen molar-refractivity contribution in [3.8, 4) is 0 Å². The molecule has 1 radical (unpaired) electrons. The third-order valence-corrected chi connectivity index (χ3v) is 0.808. The van der Waals surface area contributed by atoms with Crippen LogP contribution in [0.4, 0.5) is 0 Å². The van der Waals surface area contributed by atoms with Gasteiger partial charge in [-0.2, -0.15) is 0 Å². The van der Waals surface area contributed by atoms with E-state index in [1.54, 1.807) is 0 Å². The SMILES string of the molecule is CCCCCN.[Ir]. The van der Waals surface area contributed by atoms with Crippen molar-refractivity contribution in [1.82, 2.24) is 0 Å². The monoisotopic (exact) mass is 280 g/mol. The van der Waals surface area contributed by atoms with Crippen LogP contribution in [-0.2, 0) is 20.1 Å². The quantitative estimate of drug-likeness (QED) is 0.770. The van der Waals surface area contributed by atoms with Gasteiger partial charge < -0.3 is 5.73 Å². The van der Waals surface area contributed by atoms with Crippen LogP contribution in [0.3, 0.4) is 0 Å². The van der Waals surface area contributed by atoms with Crippen molar-refractivity contribution in [3.05, 3.63) is 0 Å². The Labute approximate surface area is 59.0 Å². The number of unbranched alkanes of at least 4 members (excludes halogenated alkanes) is 2. The fraction of sp³-hybridized carbons (Fsp3) is 1.00. The van der Waals surface area contributed by atoms with Gasteiger partial charge in [0.05, 0.1) is 0 Å².